The summed E-state index contributed by atoms with van der Waals surface area (Å²) >= 11 is 6.16. The lowest BCUT2D eigenvalue weighted by atomic mass is 9.98. The number of hydrogen-bond acceptors (Lipinski definition) is 2. The van der Waals surface area contributed by atoms with E-state index in [1.165, 1.54) is 0 Å². The fourth-order valence-corrected chi connectivity index (χ4v) is 2.72. The van der Waals surface area contributed by atoms with Crippen LogP contribution in [0.5, 0.6) is 0 Å². The van der Waals surface area contributed by atoms with Crippen LogP contribution in [0.1, 0.15) is 21.5 Å². The summed E-state index contributed by atoms with van der Waals surface area (Å²) < 4.78 is 0. The van der Waals surface area contributed by atoms with Crippen molar-refractivity contribution >= 4 is 23.2 Å². The van der Waals surface area contributed by atoms with Gasteiger partial charge in [-0.3, -0.25) is 4.79 Å². The minimum atomic E-state index is 0.0264. The molecule has 0 bridgehead atoms. The monoisotopic (exact) mass is 286 g/mol. The highest BCUT2D eigenvalue weighted by Crippen LogP contribution is 2.24. The Morgan fingerprint density at radius 1 is 1.20 bits per heavy atom. The molecule has 1 aliphatic rings. The summed E-state index contributed by atoms with van der Waals surface area (Å²) in [6.45, 7) is 1.24. The van der Waals surface area contributed by atoms with Gasteiger partial charge in [0.25, 0.3) is 5.91 Å². The van der Waals surface area contributed by atoms with E-state index in [1.807, 2.05) is 41.3 Å². The van der Waals surface area contributed by atoms with Crippen molar-refractivity contribution in [3.05, 3.63) is 64.2 Å². The third kappa shape index (κ3) is 2.37. The summed E-state index contributed by atoms with van der Waals surface area (Å²) in [5, 5.41) is 0.693. The Morgan fingerprint density at radius 3 is 2.80 bits per heavy atom. The molecule has 0 saturated heterocycles. The lowest BCUT2D eigenvalue weighted by molar-refractivity contribution is 0.0727. The maximum atomic E-state index is 12.5. The summed E-state index contributed by atoms with van der Waals surface area (Å²) in [5.74, 6) is 0.0264. The van der Waals surface area contributed by atoms with Gasteiger partial charge < -0.3 is 10.6 Å². The number of anilines is 1. The zero-order valence-corrected chi connectivity index (χ0v) is 11.7. The summed E-state index contributed by atoms with van der Waals surface area (Å²) in [7, 11) is 0. The quantitative estimate of drug-likeness (QED) is 0.862. The SMILES string of the molecule is Nc1ccc2c(c1)C(=O)N(Cc1ccccc1Cl)CC2. The average molecular weight is 287 g/mol. The van der Waals surface area contributed by atoms with E-state index >= 15 is 0 Å². The van der Waals surface area contributed by atoms with Gasteiger partial charge in [-0.15, -0.1) is 0 Å². The lowest BCUT2D eigenvalue weighted by Gasteiger charge is -2.29. The average Bonchev–Trinajstić information content (AvgIpc) is 2.45. The highest BCUT2D eigenvalue weighted by Gasteiger charge is 2.24. The minimum Gasteiger partial charge on any atom is -0.399 e. The third-order valence-electron chi connectivity index (χ3n) is 3.62. The van der Waals surface area contributed by atoms with Crippen molar-refractivity contribution in [1.29, 1.82) is 0 Å². The van der Waals surface area contributed by atoms with E-state index in [0.29, 0.717) is 29.4 Å². The van der Waals surface area contributed by atoms with E-state index in [4.69, 9.17) is 17.3 Å². The van der Waals surface area contributed by atoms with Gasteiger partial charge in [-0.2, -0.15) is 0 Å². The van der Waals surface area contributed by atoms with E-state index in [9.17, 15) is 4.79 Å². The molecule has 20 heavy (non-hydrogen) atoms. The van der Waals surface area contributed by atoms with Crippen LogP contribution < -0.4 is 5.73 Å². The molecular formula is C16H15ClN2O. The smallest absolute Gasteiger partial charge is 0.254 e. The normalized spacial score (nSPS) is 14.2. The molecule has 0 radical (unpaired) electrons. The highest BCUT2D eigenvalue weighted by molar-refractivity contribution is 6.31. The number of hydrogen-bond donors (Lipinski definition) is 1. The first-order chi connectivity index (χ1) is 9.65. The van der Waals surface area contributed by atoms with Gasteiger partial charge in [0.1, 0.15) is 0 Å². The second-order valence-electron chi connectivity index (χ2n) is 4.98. The van der Waals surface area contributed by atoms with E-state index in [2.05, 4.69) is 0 Å². The van der Waals surface area contributed by atoms with Crippen molar-refractivity contribution in [3.63, 3.8) is 0 Å². The maximum Gasteiger partial charge on any atom is 0.254 e. The molecule has 2 N–H and O–H groups in total. The number of halogens is 1. The molecular weight excluding hydrogens is 272 g/mol. The van der Waals surface area contributed by atoms with Crippen molar-refractivity contribution in [2.45, 2.75) is 13.0 Å². The number of nitrogens with two attached hydrogens (primary N) is 1. The Bertz CT molecular complexity index is 669. The van der Waals surface area contributed by atoms with E-state index in [1.54, 1.807) is 6.07 Å². The first-order valence-corrected chi connectivity index (χ1v) is 6.94. The van der Waals surface area contributed by atoms with Crippen LogP contribution in [0.4, 0.5) is 5.69 Å². The number of carbonyl (C=O) groups excluding carboxylic acids is 1. The number of rotatable bonds is 2. The molecule has 3 rings (SSSR count). The van der Waals surface area contributed by atoms with Crippen molar-refractivity contribution < 1.29 is 4.79 Å². The van der Waals surface area contributed by atoms with Crippen molar-refractivity contribution in [2.75, 3.05) is 12.3 Å². The molecule has 1 amide bonds. The van der Waals surface area contributed by atoms with Gasteiger partial charge in [-0.1, -0.05) is 35.9 Å². The van der Waals surface area contributed by atoms with Gasteiger partial charge in [0.05, 0.1) is 0 Å². The minimum absolute atomic E-state index is 0.0264. The summed E-state index contributed by atoms with van der Waals surface area (Å²) in [6.07, 6.45) is 0.853. The van der Waals surface area contributed by atoms with E-state index in [0.717, 1.165) is 17.5 Å². The summed E-state index contributed by atoms with van der Waals surface area (Å²) in [5.41, 5.74) is 9.14. The molecule has 0 saturated carbocycles. The Balaban J connectivity index is 1.87. The van der Waals surface area contributed by atoms with Crippen LogP contribution in [-0.4, -0.2) is 17.4 Å². The standard InChI is InChI=1S/C16H15ClN2O/c17-15-4-2-1-3-12(15)10-19-8-7-11-5-6-13(18)9-14(11)16(19)20/h1-6,9H,7-8,10,18H2. The molecule has 0 unspecified atom stereocenters. The Labute approximate surface area is 123 Å². The molecule has 4 heteroatoms. The molecule has 3 nitrogen and oxygen atoms in total. The molecule has 2 aromatic rings. The fraction of sp³-hybridized carbons (Fsp3) is 0.188. The number of carbonyl (C=O) groups is 1. The molecule has 0 atom stereocenters. The zero-order chi connectivity index (χ0) is 14.1. The molecule has 102 valence electrons. The van der Waals surface area contributed by atoms with Crippen LogP contribution in [0, 0.1) is 0 Å². The van der Waals surface area contributed by atoms with Crippen LogP contribution in [0.15, 0.2) is 42.5 Å². The number of fused-ring (bicyclic) bond motifs is 1. The van der Waals surface area contributed by atoms with Gasteiger partial charge in [0.15, 0.2) is 0 Å². The molecule has 0 aliphatic carbocycles. The molecule has 0 aromatic heterocycles. The van der Waals surface area contributed by atoms with Crippen LogP contribution >= 0.6 is 11.6 Å². The number of nitrogens with zero attached hydrogens (tertiary/aromatic N) is 1. The van der Waals surface area contributed by atoms with Crippen LogP contribution in [0.25, 0.3) is 0 Å². The first kappa shape index (κ1) is 13.0. The molecule has 1 heterocycles. The molecule has 1 aliphatic heterocycles. The lowest BCUT2D eigenvalue weighted by Crippen LogP contribution is -2.37. The second-order valence-corrected chi connectivity index (χ2v) is 5.39. The number of nitrogen functional groups attached to an aromatic ring is 1. The van der Waals surface area contributed by atoms with Crippen molar-refractivity contribution in [2.24, 2.45) is 0 Å². The largest absolute Gasteiger partial charge is 0.399 e. The summed E-state index contributed by atoms with van der Waals surface area (Å²) in [4.78, 5) is 14.3. The van der Waals surface area contributed by atoms with Gasteiger partial charge >= 0.3 is 0 Å². The third-order valence-corrected chi connectivity index (χ3v) is 3.99. The predicted molar refractivity (Wildman–Crippen MR) is 80.8 cm³/mol. The van der Waals surface area contributed by atoms with E-state index in [-0.39, 0.29) is 5.91 Å². The number of amides is 1. The molecule has 2 aromatic carbocycles. The second kappa shape index (κ2) is 5.17. The van der Waals surface area contributed by atoms with Gasteiger partial charge in [0, 0.05) is 29.4 Å². The topological polar surface area (TPSA) is 46.3 Å². The number of benzene rings is 2. The molecule has 0 fully saturated rings. The predicted octanol–water partition coefficient (Wildman–Crippen LogP) is 3.12. The highest BCUT2D eigenvalue weighted by atomic mass is 35.5. The van der Waals surface area contributed by atoms with Gasteiger partial charge in [-0.05, 0) is 35.7 Å². The van der Waals surface area contributed by atoms with Crippen LogP contribution in [-0.2, 0) is 13.0 Å². The maximum absolute atomic E-state index is 12.5. The van der Waals surface area contributed by atoms with Crippen molar-refractivity contribution in [1.82, 2.24) is 4.90 Å². The Morgan fingerprint density at radius 2 is 2.00 bits per heavy atom. The Hall–Kier alpha value is -2.00. The van der Waals surface area contributed by atoms with E-state index < -0.39 is 0 Å². The Kier molecular flexibility index (Phi) is 3.36. The zero-order valence-electron chi connectivity index (χ0n) is 11.0. The summed E-state index contributed by atoms with van der Waals surface area (Å²) in [6, 6.07) is 13.2. The first-order valence-electron chi connectivity index (χ1n) is 6.56. The fourth-order valence-electron chi connectivity index (χ4n) is 2.52. The van der Waals surface area contributed by atoms with Gasteiger partial charge in [-0.25, -0.2) is 0 Å². The van der Waals surface area contributed by atoms with Crippen LogP contribution in [0.3, 0.4) is 0 Å². The van der Waals surface area contributed by atoms with Gasteiger partial charge in [0.2, 0.25) is 0 Å². The van der Waals surface area contributed by atoms with Crippen LogP contribution in [0.2, 0.25) is 5.02 Å². The van der Waals surface area contributed by atoms with Crippen molar-refractivity contribution in [3.8, 4) is 0 Å². The molecule has 0 spiro atoms.